The third kappa shape index (κ3) is 5.22. The van der Waals surface area contributed by atoms with Crippen molar-refractivity contribution in [1.29, 1.82) is 0 Å². The van der Waals surface area contributed by atoms with E-state index in [0.29, 0.717) is 17.5 Å². The van der Waals surface area contributed by atoms with Gasteiger partial charge in [-0.15, -0.1) is 0 Å². The summed E-state index contributed by atoms with van der Waals surface area (Å²) in [6.07, 6.45) is -1.69. The zero-order valence-electron chi connectivity index (χ0n) is 18.2. The van der Waals surface area contributed by atoms with E-state index in [9.17, 15) is 18.0 Å². The number of carbonyl (C=O) groups is 1. The van der Waals surface area contributed by atoms with Crippen LogP contribution in [-0.2, 0) is 12.8 Å². The molecule has 0 saturated carbocycles. The largest absolute Gasteiger partial charge is 0.497 e. The summed E-state index contributed by atoms with van der Waals surface area (Å²) in [6.45, 7) is 1.97. The number of alkyl halides is 3. The first-order valence-electron chi connectivity index (χ1n) is 10.1. The zero-order chi connectivity index (χ0) is 24.3. The second-order valence-corrected chi connectivity index (χ2v) is 7.33. The zero-order valence-corrected chi connectivity index (χ0v) is 18.2. The molecular weight excluding hydrogens is 449 g/mol. The van der Waals surface area contributed by atoms with E-state index in [1.54, 1.807) is 20.1 Å². The second kappa shape index (κ2) is 9.34. The van der Waals surface area contributed by atoms with Crippen LogP contribution in [0.25, 0.3) is 5.82 Å². The maximum absolute atomic E-state index is 12.8. The van der Waals surface area contributed by atoms with Gasteiger partial charge >= 0.3 is 6.18 Å². The summed E-state index contributed by atoms with van der Waals surface area (Å²) < 4.78 is 50.6. The molecule has 0 aliphatic carbocycles. The number of benzene rings is 2. The number of rotatable bonds is 7. The monoisotopic (exact) mass is 468 g/mol. The van der Waals surface area contributed by atoms with Crippen molar-refractivity contribution in [2.75, 3.05) is 7.11 Å². The van der Waals surface area contributed by atoms with Crippen LogP contribution in [0.1, 0.15) is 32.9 Å². The van der Waals surface area contributed by atoms with Gasteiger partial charge in [-0.1, -0.05) is 24.3 Å². The maximum Gasteiger partial charge on any atom is 0.416 e. The van der Waals surface area contributed by atoms with Crippen molar-refractivity contribution in [3.63, 3.8) is 0 Å². The van der Waals surface area contributed by atoms with E-state index >= 15 is 0 Å². The number of nitrogens with zero attached hydrogens (tertiary/aromatic N) is 4. The molecule has 0 atom stereocenters. The van der Waals surface area contributed by atoms with Gasteiger partial charge in [0.15, 0.2) is 11.6 Å². The van der Waals surface area contributed by atoms with E-state index in [1.165, 1.54) is 17.1 Å². The standard InChI is InChI=1S/C24H19F3N4O3/c1-15-29-21(11-22(30-15)34-14-16-3-9-20(33-2)10-4-16)31-13-18(12-28-31)23(32)17-5-7-19(8-6-17)24(25,26)27/h3-13H,14H2,1-2H3. The minimum Gasteiger partial charge on any atom is -0.497 e. The van der Waals surface area contributed by atoms with Gasteiger partial charge in [0, 0.05) is 17.8 Å². The molecule has 10 heteroatoms. The van der Waals surface area contributed by atoms with Crippen molar-refractivity contribution in [2.24, 2.45) is 0 Å². The topological polar surface area (TPSA) is 79.1 Å². The molecule has 4 rings (SSSR count). The van der Waals surface area contributed by atoms with E-state index in [0.717, 1.165) is 35.6 Å². The Bertz CT molecular complexity index is 1300. The highest BCUT2D eigenvalue weighted by Gasteiger charge is 2.30. The molecule has 0 amide bonds. The summed E-state index contributed by atoms with van der Waals surface area (Å²) in [5.74, 6) is 1.42. The number of ketones is 1. The lowest BCUT2D eigenvalue weighted by molar-refractivity contribution is -0.137. The molecule has 0 saturated heterocycles. The van der Waals surface area contributed by atoms with E-state index in [2.05, 4.69) is 15.1 Å². The molecule has 2 aromatic heterocycles. The smallest absolute Gasteiger partial charge is 0.416 e. The molecule has 0 spiro atoms. The molecular formula is C24H19F3N4O3. The van der Waals surface area contributed by atoms with Crippen LogP contribution < -0.4 is 9.47 Å². The molecule has 0 aliphatic heterocycles. The van der Waals surface area contributed by atoms with Crippen molar-refractivity contribution < 1.29 is 27.4 Å². The second-order valence-electron chi connectivity index (χ2n) is 7.33. The Morgan fingerprint density at radius 1 is 1.00 bits per heavy atom. The van der Waals surface area contributed by atoms with Crippen molar-refractivity contribution in [2.45, 2.75) is 19.7 Å². The predicted octanol–water partition coefficient (Wildman–Crippen LogP) is 4.81. The molecule has 0 N–H and O–H groups in total. The Kier molecular flexibility index (Phi) is 6.31. The number of methoxy groups -OCH3 is 1. The van der Waals surface area contributed by atoms with Crippen molar-refractivity contribution in [3.8, 4) is 17.4 Å². The molecule has 0 radical (unpaired) electrons. The molecule has 0 aliphatic rings. The quantitative estimate of drug-likeness (QED) is 0.362. The van der Waals surface area contributed by atoms with E-state index < -0.39 is 17.5 Å². The highest BCUT2D eigenvalue weighted by atomic mass is 19.4. The SMILES string of the molecule is COc1ccc(COc2cc(-n3cc(C(=O)c4ccc(C(F)(F)F)cc4)cn3)nc(C)n2)cc1. The fourth-order valence-corrected chi connectivity index (χ4v) is 3.14. The summed E-state index contributed by atoms with van der Waals surface area (Å²) >= 11 is 0. The van der Waals surface area contributed by atoms with Crippen LogP contribution in [0.4, 0.5) is 13.2 Å². The first-order valence-corrected chi connectivity index (χ1v) is 10.1. The van der Waals surface area contributed by atoms with Crippen molar-refractivity contribution in [3.05, 3.63) is 95.1 Å². The Hall–Kier alpha value is -4.21. The van der Waals surface area contributed by atoms with Gasteiger partial charge in [-0.25, -0.2) is 9.67 Å². The van der Waals surface area contributed by atoms with Crippen molar-refractivity contribution >= 4 is 5.78 Å². The van der Waals surface area contributed by atoms with Crippen LogP contribution in [0.3, 0.4) is 0 Å². The molecule has 2 aromatic carbocycles. The fourth-order valence-electron chi connectivity index (χ4n) is 3.14. The highest BCUT2D eigenvalue weighted by Crippen LogP contribution is 2.29. The molecule has 0 unspecified atom stereocenters. The Labute approximate surface area is 192 Å². The van der Waals surface area contributed by atoms with E-state index in [-0.39, 0.29) is 17.7 Å². The number of aromatic nitrogens is 4. The highest BCUT2D eigenvalue weighted by molar-refractivity contribution is 6.08. The van der Waals surface area contributed by atoms with E-state index in [4.69, 9.17) is 9.47 Å². The molecule has 4 aromatic rings. The van der Waals surface area contributed by atoms with Gasteiger partial charge in [-0.3, -0.25) is 4.79 Å². The number of halogens is 3. The minimum absolute atomic E-state index is 0.120. The molecule has 7 nitrogen and oxygen atoms in total. The number of aryl methyl sites for hydroxylation is 1. The van der Waals surface area contributed by atoms with Crippen LogP contribution in [0.15, 0.2) is 67.0 Å². The summed E-state index contributed by atoms with van der Waals surface area (Å²) in [7, 11) is 1.59. The van der Waals surface area contributed by atoms with Gasteiger partial charge in [-0.05, 0) is 36.8 Å². The van der Waals surface area contributed by atoms with Crippen LogP contribution in [0.2, 0.25) is 0 Å². The van der Waals surface area contributed by atoms with Gasteiger partial charge in [0.05, 0.1) is 24.4 Å². The number of hydrogen-bond donors (Lipinski definition) is 0. The van der Waals surface area contributed by atoms with Gasteiger partial charge in [0.2, 0.25) is 5.88 Å². The van der Waals surface area contributed by atoms with Gasteiger partial charge in [0.1, 0.15) is 18.2 Å². The van der Waals surface area contributed by atoms with Gasteiger partial charge in [-0.2, -0.15) is 23.3 Å². The van der Waals surface area contributed by atoms with Crippen molar-refractivity contribution in [1.82, 2.24) is 19.7 Å². The first kappa shape index (κ1) is 23.0. The first-order chi connectivity index (χ1) is 16.2. The van der Waals surface area contributed by atoms with Gasteiger partial charge < -0.3 is 9.47 Å². The lowest BCUT2D eigenvalue weighted by atomic mass is 10.0. The molecule has 0 fully saturated rings. The summed E-state index contributed by atoms with van der Waals surface area (Å²) in [4.78, 5) is 21.3. The van der Waals surface area contributed by atoms with Crippen LogP contribution in [0.5, 0.6) is 11.6 Å². The Balaban J connectivity index is 1.50. The van der Waals surface area contributed by atoms with Crippen LogP contribution in [-0.4, -0.2) is 32.6 Å². The third-order valence-electron chi connectivity index (χ3n) is 4.90. The number of ether oxygens (including phenoxy) is 2. The van der Waals surface area contributed by atoms with E-state index in [1.807, 2.05) is 24.3 Å². The number of hydrogen-bond acceptors (Lipinski definition) is 6. The normalized spacial score (nSPS) is 11.3. The molecule has 2 heterocycles. The summed E-state index contributed by atoms with van der Waals surface area (Å²) in [6, 6.07) is 13.0. The number of carbonyl (C=O) groups excluding carboxylic acids is 1. The molecule has 174 valence electrons. The Morgan fingerprint density at radius 2 is 1.71 bits per heavy atom. The summed E-state index contributed by atoms with van der Waals surface area (Å²) in [5.41, 5.74) is 0.423. The maximum atomic E-state index is 12.8. The third-order valence-corrected chi connectivity index (χ3v) is 4.90. The summed E-state index contributed by atoms with van der Waals surface area (Å²) in [5, 5.41) is 4.17. The Morgan fingerprint density at radius 3 is 2.35 bits per heavy atom. The van der Waals surface area contributed by atoms with Gasteiger partial charge in [0.25, 0.3) is 0 Å². The molecule has 34 heavy (non-hydrogen) atoms. The average Bonchev–Trinajstić information content (AvgIpc) is 3.32. The van der Waals surface area contributed by atoms with Crippen LogP contribution >= 0.6 is 0 Å². The molecule has 0 bridgehead atoms. The van der Waals surface area contributed by atoms with Crippen LogP contribution in [0, 0.1) is 6.92 Å². The fraction of sp³-hybridized carbons (Fsp3) is 0.167. The lowest BCUT2D eigenvalue weighted by Crippen LogP contribution is -2.06. The minimum atomic E-state index is -4.47. The predicted molar refractivity (Wildman–Crippen MR) is 116 cm³/mol. The average molecular weight is 468 g/mol. The lowest BCUT2D eigenvalue weighted by Gasteiger charge is -2.09.